The fraction of sp³-hybridized carbons (Fsp3) is 0.125. The van der Waals surface area contributed by atoms with Crippen LogP contribution in [0.25, 0.3) is 17.1 Å². The van der Waals surface area contributed by atoms with Crippen LogP contribution in [-0.2, 0) is 0 Å². The number of amides is 1. The first kappa shape index (κ1) is 20.3. The summed E-state index contributed by atoms with van der Waals surface area (Å²) in [5.41, 5.74) is 3.79. The first-order valence-corrected chi connectivity index (χ1v) is 9.88. The Bertz CT molecular complexity index is 1200. The summed E-state index contributed by atoms with van der Waals surface area (Å²) >= 11 is 0. The smallest absolute Gasteiger partial charge is 0.336 e. The van der Waals surface area contributed by atoms with Gasteiger partial charge >= 0.3 is 6.01 Å². The van der Waals surface area contributed by atoms with Crippen LogP contribution in [0, 0.1) is 12.7 Å². The molecule has 31 heavy (non-hydrogen) atoms. The predicted octanol–water partition coefficient (Wildman–Crippen LogP) is 5.03. The number of benzene rings is 3. The molecule has 0 radical (unpaired) electrons. The molecule has 7 heteroatoms. The van der Waals surface area contributed by atoms with Gasteiger partial charge in [-0.05, 0) is 67.9 Å². The highest BCUT2D eigenvalue weighted by molar-refractivity contribution is 6.04. The Labute approximate surface area is 179 Å². The van der Waals surface area contributed by atoms with Gasteiger partial charge in [-0.15, -0.1) is 5.10 Å². The summed E-state index contributed by atoms with van der Waals surface area (Å²) in [7, 11) is 0. The van der Waals surface area contributed by atoms with Crippen LogP contribution in [0.1, 0.15) is 22.8 Å². The average molecular weight is 416 g/mol. The van der Waals surface area contributed by atoms with Crippen LogP contribution >= 0.6 is 0 Å². The van der Waals surface area contributed by atoms with Crippen molar-refractivity contribution in [3.63, 3.8) is 0 Å². The summed E-state index contributed by atoms with van der Waals surface area (Å²) in [6, 6.07) is 20.9. The molecule has 0 atom stereocenters. The molecule has 0 saturated heterocycles. The van der Waals surface area contributed by atoms with Crippen LogP contribution in [0.5, 0.6) is 6.01 Å². The zero-order chi connectivity index (χ0) is 21.8. The molecule has 1 amide bonds. The monoisotopic (exact) mass is 416 g/mol. The molecule has 0 unspecified atom stereocenters. The number of anilines is 1. The first-order chi connectivity index (χ1) is 15.0. The molecule has 0 bridgehead atoms. The molecule has 0 saturated carbocycles. The van der Waals surface area contributed by atoms with Crippen LogP contribution in [0.3, 0.4) is 0 Å². The molecule has 1 heterocycles. The third-order valence-corrected chi connectivity index (χ3v) is 4.72. The fourth-order valence-electron chi connectivity index (χ4n) is 3.15. The van der Waals surface area contributed by atoms with E-state index in [1.165, 1.54) is 24.3 Å². The standard InChI is InChI=1S/C24H21FN4O2/c1-3-31-24-27-22(21-7-5-4-6-16(21)2)29(28-24)20-14-12-19(13-15-20)26-23(30)17-8-10-18(25)11-9-17/h4-15H,3H2,1-2H3,(H,26,30). The Morgan fingerprint density at radius 1 is 1.03 bits per heavy atom. The molecule has 0 aliphatic carbocycles. The number of ether oxygens (including phenoxy) is 1. The van der Waals surface area contributed by atoms with Crippen LogP contribution in [0.15, 0.2) is 72.8 Å². The number of aromatic nitrogens is 3. The van der Waals surface area contributed by atoms with Gasteiger partial charge in [0.15, 0.2) is 5.82 Å². The van der Waals surface area contributed by atoms with Crippen molar-refractivity contribution in [3.8, 4) is 23.1 Å². The number of hydrogen-bond acceptors (Lipinski definition) is 4. The number of nitrogens with one attached hydrogen (secondary N) is 1. The average Bonchev–Trinajstić information content (AvgIpc) is 3.19. The van der Waals surface area contributed by atoms with Gasteiger partial charge in [0.1, 0.15) is 5.82 Å². The van der Waals surface area contributed by atoms with Crippen LogP contribution in [-0.4, -0.2) is 27.3 Å². The quantitative estimate of drug-likeness (QED) is 0.479. The normalized spacial score (nSPS) is 10.7. The molecule has 1 aromatic heterocycles. The second-order valence-corrected chi connectivity index (χ2v) is 6.89. The number of hydrogen-bond donors (Lipinski definition) is 1. The molecule has 3 aromatic carbocycles. The molecule has 4 rings (SSSR count). The van der Waals surface area contributed by atoms with Gasteiger partial charge in [0.25, 0.3) is 5.91 Å². The van der Waals surface area contributed by atoms with Gasteiger partial charge in [-0.2, -0.15) is 4.98 Å². The molecule has 0 spiro atoms. The lowest BCUT2D eigenvalue weighted by Gasteiger charge is -2.09. The summed E-state index contributed by atoms with van der Waals surface area (Å²) in [4.78, 5) is 16.9. The SMILES string of the molecule is CCOc1nc(-c2ccccc2C)n(-c2ccc(NC(=O)c3ccc(F)cc3)cc2)n1. The highest BCUT2D eigenvalue weighted by Gasteiger charge is 2.16. The van der Waals surface area contributed by atoms with E-state index in [0.717, 1.165) is 16.8 Å². The lowest BCUT2D eigenvalue weighted by atomic mass is 10.1. The van der Waals surface area contributed by atoms with Gasteiger partial charge in [-0.3, -0.25) is 4.79 Å². The van der Waals surface area contributed by atoms with Crippen molar-refractivity contribution >= 4 is 11.6 Å². The van der Waals surface area contributed by atoms with Crippen molar-refractivity contribution in [3.05, 3.63) is 89.7 Å². The largest absolute Gasteiger partial charge is 0.463 e. The Balaban J connectivity index is 1.62. The van der Waals surface area contributed by atoms with E-state index >= 15 is 0 Å². The predicted molar refractivity (Wildman–Crippen MR) is 117 cm³/mol. The van der Waals surface area contributed by atoms with Crippen molar-refractivity contribution in [1.29, 1.82) is 0 Å². The molecule has 0 aliphatic rings. The minimum absolute atomic E-state index is 0.300. The van der Waals surface area contributed by atoms with E-state index in [1.807, 2.05) is 50.2 Å². The van der Waals surface area contributed by atoms with E-state index in [9.17, 15) is 9.18 Å². The Kier molecular flexibility index (Phi) is 5.75. The lowest BCUT2D eigenvalue weighted by Crippen LogP contribution is -2.11. The van der Waals surface area contributed by atoms with Gasteiger partial charge in [0.2, 0.25) is 0 Å². The number of rotatable bonds is 6. The summed E-state index contributed by atoms with van der Waals surface area (Å²) in [5.74, 6) is -0.0259. The van der Waals surface area contributed by atoms with Gasteiger partial charge in [-0.1, -0.05) is 24.3 Å². The van der Waals surface area contributed by atoms with E-state index in [1.54, 1.807) is 16.8 Å². The van der Waals surface area contributed by atoms with E-state index < -0.39 is 0 Å². The lowest BCUT2D eigenvalue weighted by molar-refractivity contribution is 0.102. The number of halogens is 1. The second kappa shape index (κ2) is 8.79. The fourth-order valence-corrected chi connectivity index (χ4v) is 3.15. The van der Waals surface area contributed by atoms with Gasteiger partial charge in [0.05, 0.1) is 12.3 Å². The van der Waals surface area contributed by atoms with Crippen molar-refractivity contribution in [2.24, 2.45) is 0 Å². The molecule has 1 N–H and O–H groups in total. The molecule has 0 fully saturated rings. The van der Waals surface area contributed by atoms with Crippen molar-refractivity contribution in [2.75, 3.05) is 11.9 Å². The molecule has 4 aromatic rings. The molecule has 0 aliphatic heterocycles. The zero-order valence-corrected chi connectivity index (χ0v) is 17.2. The minimum Gasteiger partial charge on any atom is -0.463 e. The number of carbonyl (C=O) groups is 1. The number of aryl methyl sites for hydroxylation is 1. The molecule has 156 valence electrons. The maximum Gasteiger partial charge on any atom is 0.336 e. The zero-order valence-electron chi connectivity index (χ0n) is 17.2. The molecule has 6 nitrogen and oxygen atoms in total. The topological polar surface area (TPSA) is 69.0 Å². The molecular weight excluding hydrogens is 395 g/mol. The van der Waals surface area contributed by atoms with Gasteiger partial charge < -0.3 is 10.1 Å². The van der Waals surface area contributed by atoms with Crippen LogP contribution in [0.4, 0.5) is 10.1 Å². The first-order valence-electron chi connectivity index (χ1n) is 9.88. The summed E-state index contributed by atoms with van der Waals surface area (Å²) in [6.07, 6.45) is 0. The maximum atomic E-state index is 13.1. The Morgan fingerprint density at radius 3 is 2.42 bits per heavy atom. The highest BCUT2D eigenvalue weighted by Crippen LogP contribution is 2.27. The molecular formula is C24H21FN4O2. The summed E-state index contributed by atoms with van der Waals surface area (Å²) < 4.78 is 20.3. The summed E-state index contributed by atoms with van der Waals surface area (Å²) in [6.45, 7) is 4.36. The van der Waals surface area contributed by atoms with E-state index in [0.29, 0.717) is 29.7 Å². The third-order valence-electron chi connectivity index (χ3n) is 4.72. The Hall–Kier alpha value is -4.00. The highest BCUT2D eigenvalue weighted by atomic mass is 19.1. The van der Waals surface area contributed by atoms with Crippen LogP contribution in [0.2, 0.25) is 0 Å². The number of nitrogens with zero attached hydrogens (tertiary/aromatic N) is 3. The second-order valence-electron chi connectivity index (χ2n) is 6.89. The van der Waals surface area contributed by atoms with E-state index in [2.05, 4.69) is 15.4 Å². The van der Waals surface area contributed by atoms with E-state index in [-0.39, 0.29) is 11.7 Å². The van der Waals surface area contributed by atoms with Gasteiger partial charge in [0, 0.05) is 16.8 Å². The van der Waals surface area contributed by atoms with E-state index in [4.69, 9.17) is 4.74 Å². The van der Waals surface area contributed by atoms with Gasteiger partial charge in [-0.25, -0.2) is 9.07 Å². The minimum atomic E-state index is -0.385. The third kappa shape index (κ3) is 4.45. The maximum absolute atomic E-state index is 13.1. The van der Waals surface area contributed by atoms with Crippen molar-refractivity contribution in [1.82, 2.24) is 14.8 Å². The van der Waals surface area contributed by atoms with Crippen LogP contribution < -0.4 is 10.1 Å². The Morgan fingerprint density at radius 2 is 1.74 bits per heavy atom. The number of carbonyl (C=O) groups excluding carboxylic acids is 1. The summed E-state index contributed by atoms with van der Waals surface area (Å²) in [5, 5.41) is 7.30. The van der Waals surface area contributed by atoms with Crippen molar-refractivity contribution < 1.29 is 13.9 Å². The van der Waals surface area contributed by atoms with Crippen molar-refractivity contribution in [2.45, 2.75) is 13.8 Å².